The molecular formula is C20H23N3O. The number of carbonyl (C=O) groups excluding carboxylic acids is 1. The van der Waals surface area contributed by atoms with Gasteiger partial charge in [-0.25, -0.2) is 0 Å². The van der Waals surface area contributed by atoms with Crippen molar-refractivity contribution in [2.24, 2.45) is 0 Å². The maximum atomic E-state index is 13.2. The van der Waals surface area contributed by atoms with Crippen molar-refractivity contribution in [2.75, 3.05) is 19.6 Å². The number of aromatic nitrogens is 1. The van der Waals surface area contributed by atoms with Crippen LogP contribution < -0.4 is 0 Å². The molecule has 2 rings (SSSR count). The topological polar surface area (TPSA) is 57.0 Å². The standard InChI is InChI=1S/C20H23N3O/c1-3-23(4-2)15-13-20(16-21,17-10-6-5-7-11-17)19(24)18-12-8-9-14-22-18/h5-12,14H,3-4,13,15H2,1-2H3. The van der Waals surface area contributed by atoms with E-state index in [1.807, 2.05) is 30.3 Å². The molecule has 0 spiro atoms. The molecule has 0 saturated heterocycles. The fraction of sp³-hybridized carbons (Fsp3) is 0.350. The van der Waals surface area contributed by atoms with Gasteiger partial charge in [0, 0.05) is 12.7 Å². The monoisotopic (exact) mass is 321 g/mol. The van der Waals surface area contributed by atoms with Gasteiger partial charge in [0.25, 0.3) is 0 Å². The number of ketones is 1. The van der Waals surface area contributed by atoms with Crippen LogP contribution in [0.5, 0.6) is 0 Å². The molecular weight excluding hydrogens is 298 g/mol. The summed E-state index contributed by atoms with van der Waals surface area (Å²) in [5.74, 6) is -0.232. The van der Waals surface area contributed by atoms with Crippen molar-refractivity contribution >= 4 is 5.78 Å². The minimum Gasteiger partial charge on any atom is -0.304 e. The molecule has 1 aromatic heterocycles. The van der Waals surface area contributed by atoms with Gasteiger partial charge in [-0.15, -0.1) is 0 Å². The van der Waals surface area contributed by atoms with Gasteiger partial charge in [-0.2, -0.15) is 5.26 Å². The normalized spacial score (nSPS) is 13.2. The lowest BCUT2D eigenvalue weighted by Crippen LogP contribution is -2.39. The lowest BCUT2D eigenvalue weighted by molar-refractivity contribution is 0.0900. The number of pyridine rings is 1. The third kappa shape index (κ3) is 3.69. The molecule has 24 heavy (non-hydrogen) atoms. The summed E-state index contributed by atoms with van der Waals surface area (Å²) < 4.78 is 0. The molecule has 2 aromatic rings. The Labute approximate surface area is 143 Å². The van der Waals surface area contributed by atoms with E-state index >= 15 is 0 Å². The molecule has 1 heterocycles. The molecule has 0 radical (unpaired) electrons. The highest BCUT2D eigenvalue weighted by molar-refractivity contribution is 6.04. The predicted octanol–water partition coefficient (Wildman–Crippen LogP) is 3.46. The summed E-state index contributed by atoms with van der Waals surface area (Å²) in [6.07, 6.45) is 2.04. The lowest BCUT2D eigenvalue weighted by atomic mass is 9.74. The van der Waals surface area contributed by atoms with Crippen LogP contribution >= 0.6 is 0 Å². The number of hydrogen-bond donors (Lipinski definition) is 0. The zero-order valence-corrected chi connectivity index (χ0v) is 14.3. The molecule has 0 aliphatic carbocycles. The average molecular weight is 321 g/mol. The van der Waals surface area contributed by atoms with E-state index in [0.717, 1.165) is 18.7 Å². The second-order valence-electron chi connectivity index (χ2n) is 5.70. The van der Waals surface area contributed by atoms with Gasteiger partial charge >= 0.3 is 0 Å². The zero-order valence-electron chi connectivity index (χ0n) is 14.3. The van der Waals surface area contributed by atoms with Crippen LogP contribution in [0.15, 0.2) is 54.7 Å². The highest BCUT2D eigenvalue weighted by Crippen LogP contribution is 2.31. The highest BCUT2D eigenvalue weighted by Gasteiger charge is 2.41. The Kier molecular flexibility index (Phi) is 6.22. The summed E-state index contributed by atoms with van der Waals surface area (Å²) >= 11 is 0. The molecule has 0 N–H and O–H groups in total. The second kappa shape index (κ2) is 8.37. The fourth-order valence-corrected chi connectivity index (χ4v) is 2.86. The van der Waals surface area contributed by atoms with Crippen LogP contribution in [0.4, 0.5) is 0 Å². The van der Waals surface area contributed by atoms with E-state index in [1.54, 1.807) is 24.4 Å². The highest BCUT2D eigenvalue weighted by atomic mass is 16.1. The maximum Gasteiger partial charge on any atom is 0.205 e. The van der Waals surface area contributed by atoms with Gasteiger partial charge in [-0.05, 0) is 37.2 Å². The van der Waals surface area contributed by atoms with E-state index < -0.39 is 5.41 Å². The molecule has 1 atom stereocenters. The van der Waals surface area contributed by atoms with Gasteiger partial charge in [0.05, 0.1) is 6.07 Å². The van der Waals surface area contributed by atoms with Crippen molar-refractivity contribution in [3.05, 3.63) is 66.0 Å². The molecule has 0 aliphatic heterocycles. The molecule has 0 bridgehead atoms. The maximum absolute atomic E-state index is 13.2. The summed E-state index contributed by atoms with van der Waals surface area (Å²) in [4.78, 5) is 19.6. The van der Waals surface area contributed by atoms with Gasteiger partial charge in [0.2, 0.25) is 5.78 Å². The molecule has 0 amide bonds. The number of nitriles is 1. The van der Waals surface area contributed by atoms with Crippen molar-refractivity contribution < 1.29 is 4.79 Å². The van der Waals surface area contributed by atoms with Crippen molar-refractivity contribution in [1.82, 2.24) is 9.88 Å². The first-order chi connectivity index (χ1) is 11.7. The van der Waals surface area contributed by atoms with E-state index in [9.17, 15) is 10.1 Å². The van der Waals surface area contributed by atoms with Crippen LogP contribution in [-0.2, 0) is 5.41 Å². The summed E-state index contributed by atoms with van der Waals surface area (Å²) in [5.41, 5.74) is -0.143. The second-order valence-corrected chi connectivity index (χ2v) is 5.70. The Bertz CT molecular complexity index is 690. The van der Waals surface area contributed by atoms with E-state index in [4.69, 9.17) is 0 Å². The first kappa shape index (κ1) is 17.8. The Hall–Kier alpha value is -2.51. The first-order valence-electron chi connectivity index (χ1n) is 8.33. The number of hydrogen-bond acceptors (Lipinski definition) is 4. The van der Waals surface area contributed by atoms with Gasteiger partial charge in [0.1, 0.15) is 11.1 Å². The third-order valence-electron chi connectivity index (χ3n) is 4.44. The van der Waals surface area contributed by atoms with Gasteiger partial charge in [-0.1, -0.05) is 50.2 Å². The average Bonchev–Trinajstić information content (AvgIpc) is 2.67. The molecule has 0 aliphatic rings. The van der Waals surface area contributed by atoms with Crippen LogP contribution in [-0.4, -0.2) is 35.3 Å². The Balaban J connectivity index is 2.44. The van der Waals surface area contributed by atoms with E-state index in [-0.39, 0.29) is 5.78 Å². The molecule has 124 valence electrons. The van der Waals surface area contributed by atoms with Crippen LogP contribution in [0, 0.1) is 11.3 Å². The number of nitrogens with zero attached hydrogens (tertiary/aromatic N) is 3. The first-order valence-corrected chi connectivity index (χ1v) is 8.33. The van der Waals surface area contributed by atoms with Crippen LogP contribution in [0.1, 0.15) is 36.3 Å². The summed E-state index contributed by atoms with van der Waals surface area (Å²) in [6.45, 7) is 6.64. The lowest BCUT2D eigenvalue weighted by Gasteiger charge is -2.28. The SMILES string of the molecule is CCN(CC)CCC(C#N)(C(=O)c1ccccn1)c1ccccc1. The van der Waals surface area contributed by atoms with Crippen molar-refractivity contribution in [3.8, 4) is 6.07 Å². The summed E-state index contributed by atoms with van der Waals surface area (Å²) in [5, 5.41) is 10.0. The van der Waals surface area contributed by atoms with Crippen LogP contribution in [0.2, 0.25) is 0 Å². The molecule has 0 fully saturated rings. The van der Waals surface area contributed by atoms with Crippen molar-refractivity contribution in [3.63, 3.8) is 0 Å². The van der Waals surface area contributed by atoms with Gasteiger partial charge in [0.15, 0.2) is 0 Å². The summed E-state index contributed by atoms with van der Waals surface area (Å²) in [6, 6.07) is 16.9. The number of rotatable bonds is 8. The number of Topliss-reactive ketones (excluding diaryl/α,β-unsaturated/α-hetero) is 1. The van der Waals surface area contributed by atoms with E-state index in [2.05, 4.69) is 29.8 Å². The largest absolute Gasteiger partial charge is 0.304 e. The van der Waals surface area contributed by atoms with Crippen LogP contribution in [0.3, 0.4) is 0 Å². The zero-order chi connectivity index (χ0) is 17.4. The molecule has 4 heteroatoms. The Morgan fingerprint density at radius 3 is 2.33 bits per heavy atom. The quantitative estimate of drug-likeness (QED) is 0.699. The molecule has 4 nitrogen and oxygen atoms in total. The number of benzene rings is 1. The third-order valence-corrected chi connectivity index (χ3v) is 4.44. The Morgan fingerprint density at radius 1 is 1.12 bits per heavy atom. The molecule has 1 aromatic carbocycles. The number of carbonyl (C=O) groups is 1. The Morgan fingerprint density at radius 2 is 1.79 bits per heavy atom. The molecule has 1 unspecified atom stereocenters. The molecule has 0 saturated carbocycles. The predicted molar refractivity (Wildman–Crippen MR) is 94.7 cm³/mol. The summed E-state index contributed by atoms with van der Waals surface area (Å²) in [7, 11) is 0. The van der Waals surface area contributed by atoms with Crippen LogP contribution in [0.25, 0.3) is 0 Å². The smallest absolute Gasteiger partial charge is 0.205 e. The minimum absolute atomic E-state index is 0.232. The van der Waals surface area contributed by atoms with Gasteiger partial charge in [-0.3, -0.25) is 9.78 Å². The fourth-order valence-electron chi connectivity index (χ4n) is 2.86. The van der Waals surface area contributed by atoms with E-state index in [1.165, 1.54) is 0 Å². The van der Waals surface area contributed by atoms with Crippen molar-refractivity contribution in [2.45, 2.75) is 25.7 Å². The van der Waals surface area contributed by atoms with Gasteiger partial charge < -0.3 is 4.90 Å². The van der Waals surface area contributed by atoms with Crippen molar-refractivity contribution in [1.29, 1.82) is 5.26 Å². The van der Waals surface area contributed by atoms with E-state index in [0.29, 0.717) is 18.7 Å². The minimum atomic E-state index is -1.21.